The van der Waals surface area contributed by atoms with Crippen LogP contribution in [0.25, 0.3) is 0 Å². The molecular weight excluding hydrogens is 214 g/mol. The van der Waals surface area contributed by atoms with Crippen molar-refractivity contribution in [1.29, 1.82) is 0 Å². The SMILES string of the molecule is O=C(O)[C@H]1C[C@@H]2CC[C@@H](N2)[C@H]1c1ccccc1. The summed E-state index contributed by atoms with van der Waals surface area (Å²) >= 11 is 0. The molecule has 3 rings (SSSR count). The number of aliphatic carboxylic acids is 1. The summed E-state index contributed by atoms with van der Waals surface area (Å²) in [6, 6.07) is 10.8. The van der Waals surface area contributed by atoms with Gasteiger partial charge in [-0.3, -0.25) is 4.79 Å². The molecule has 3 nitrogen and oxygen atoms in total. The van der Waals surface area contributed by atoms with Gasteiger partial charge in [0, 0.05) is 18.0 Å². The zero-order valence-electron chi connectivity index (χ0n) is 9.67. The first-order valence-electron chi connectivity index (χ1n) is 6.29. The van der Waals surface area contributed by atoms with Gasteiger partial charge in [0.25, 0.3) is 0 Å². The lowest BCUT2D eigenvalue weighted by atomic mass is 9.77. The predicted octanol–water partition coefficient (Wildman–Crippen LogP) is 2.00. The molecule has 2 N–H and O–H groups in total. The Bertz CT molecular complexity index is 417. The molecule has 2 saturated heterocycles. The van der Waals surface area contributed by atoms with Gasteiger partial charge in [-0.15, -0.1) is 0 Å². The van der Waals surface area contributed by atoms with Crippen LogP contribution in [0.3, 0.4) is 0 Å². The Labute approximate surface area is 101 Å². The van der Waals surface area contributed by atoms with Crippen LogP contribution in [0.15, 0.2) is 30.3 Å². The zero-order chi connectivity index (χ0) is 11.8. The van der Waals surface area contributed by atoms with Gasteiger partial charge in [0.1, 0.15) is 0 Å². The van der Waals surface area contributed by atoms with E-state index in [9.17, 15) is 9.90 Å². The van der Waals surface area contributed by atoms with Crippen molar-refractivity contribution in [2.75, 3.05) is 0 Å². The van der Waals surface area contributed by atoms with Crippen LogP contribution in [0.5, 0.6) is 0 Å². The average Bonchev–Trinajstić information content (AvgIpc) is 2.72. The molecule has 3 heteroatoms. The molecule has 2 aliphatic heterocycles. The second-order valence-corrected chi connectivity index (χ2v) is 5.16. The molecule has 90 valence electrons. The minimum atomic E-state index is -0.641. The van der Waals surface area contributed by atoms with Crippen molar-refractivity contribution in [3.05, 3.63) is 35.9 Å². The van der Waals surface area contributed by atoms with Crippen LogP contribution in [-0.4, -0.2) is 23.2 Å². The highest BCUT2D eigenvalue weighted by atomic mass is 16.4. The van der Waals surface area contributed by atoms with Crippen molar-refractivity contribution in [1.82, 2.24) is 5.32 Å². The monoisotopic (exact) mass is 231 g/mol. The first-order valence-corrected chi connectivity index (χ1v) is 6.29. The van der Waals surface area contributed by atoms with E-state index in [0.717, 1.165) is 24.8 Å². The summed E-state index contributed by atoms with van der Waals surface area (Å²) in [5, 5.41) is 13.0. The van der Waals surface area contributed by atoms with Gasteiger partial charge in [-0.2, -0.15) is 0 Å². The number of hydrogen-bond acceptors (Lipinski definition) is 2. The molecule has 0 unspecified atom stereocenters. The van der Waals surface area contributed by atoms with Crippen molar-refractivity contribution < 1.29 is 9.90 Å². The molecular formula is C14H17NO2. The molecule has 0 aromatic heterocycles. The van der Waals surface area contributed by atoms with Crippen LogP contribution >= 0.6 is 0 Å². The Hall–Kier alpha value is -1.35. The molecule has 2 bridgehead atoms. The zero-order valence-corrected chi connectivity index (χ0v) is 9.67. The van der Waals surface area contributed by atoms with Crippen molar-refractivity contribution >= 4 is 5.97 Å². The van der Waals surface area contributed by atoms with Crippen LogP contribution < -0.4 is 5.32 Å². The number of carbonyl (C=O) groups is 1. The summed E-state index contributed by atoms with van der Waals surface area (Å²) in [6.07, 6.45) is 3.00. The third-order valence-corrected chi connectivity index (χ3v) is 4.18. The summed E-state index contributed by atoms with van der Waals surface area (Å²) < 4.78 is 0. The number of carboxylic acids is 1. The van der Waals surface area contributed by atoms with Crippen LogP contribution in [0, 0.1) is 5.92 Å². The fourth-order valence-electron chi connectivity index (χ4n) is 3.45. The first-order chi connectivity index (χ1) is 8.25. The molecule has 0 spiro atoms. The number of benzene rings is 1. The molecule has 2 aliphatic rings. The molecule has 2 heterocycles. The smallest absolute Gasteiger partial charge is 0.307 e. The minimum absolute atomic E-state index is 0.132. The van der Waals surface area contributed by atoms with Gasteiger partial charge in [0.15, 0.2) is 0 Å². The van der Waals surface area contributed by atoms with Gasteiger partial charge < -0.3 is 10.4 Å². The minimum Gasteiger partial charge on any atom is -0.481 e. The number of rotatable bonds is 2. The largest absolute Gasteiger partial charge is 0.481 e. The second-order valence-electron chi connectivity index (χ2n) is 5.16. The summed E-state index contributed by atoms with van der Waals surface area (Å²) in [7, 11) is 0. The van der Waals surface area contributed by atoms with Crippen molar-refractivity contribution in [3.63, 3.8) is 0 Å². The summed E-state index contributed by atoms with van der Waals surface area (Å²) in [5.41, 5.74) is 1.16. The van der Waals surface area contributed by atoms with E-state index in [0.29, 0.717) is 12.1 Å². The van der Waals surface area contributed by atoms with E-state index in [1.165, 1.54) is 0 Å². The molecule has 0 aliphatic carbocycles. The van der Waals surface area contributed by atoms with Crippen LogP contribution in [0.1, 0.15) is 30.7 Å². The number of nitrogens with one attached hydrogen (secondary N) is 1. The molecule has 17 heavy (non-hydrogen) atoms. The van der Waals surface area contributed by atoms with E-state index >= 15 is 0 Å². The van der Waals surface area contributed by atoms with Gasteiger partial charge in [-0.05, 0) is 24.8 Å². The van der Waals surface area contributed by atoms with Gasteiger partial charge in [0.2, 0.25) is 0 Å². The normalized spacial score (nSPS) is 35.8. The topological polar surface area (TPSA) is 49.3 Å². The van der Waals surface area contributed by atoms with Gasteiger partial charge in [-0.1, -0.05) is 30.3 Å². The predicted molar refractivity (Wildman–Crippen MR) is 64.9 cm³/mol. The van der Waals surface area contributed by atoms with E-state index in [4.69, 9.17) is 0 Å². The van der Waals surface area contributed by atoms with E-state index < -0.39 is 5.97 Å². The molecule has 1 aromatic rings. The maximum absolute atomic E-state index is 11.4. The molecule has 4 atom stereocenters. The van der Waals surface area contributed by atoms with Crippen molar-refractivity contribution in [2.45, 2.75) is 37.3 Å². The van der Waals surface area contributed by atoms with E-state index in [-0.39, 0.29) is 11.8 Å². The first kappa shape index (κ1) is 10.8. The highest BCUT2D eigenvalue weighted by molar-refractivity contribution is 5.72. The van der Waals surface area contributed by atoms with Crippen molar-refractivity contribution in [2.24, 2.45) is 5.92 Å². The summed E-state index contributed by atoms with van der Waals surface area (Å²) in [6.45, 7) is 0. The van der Waals surface area contributed by atoms with E-state index in [1.54, 1.807) is 0 Å². The number of hydrogen-bond donors (Lipinski definition) is 2. The van der Waals surface area contributed by atoms with Crippen LogP contribution in [0.4, 0.5) is 0 Å². The van der Waals surface area contributed by atoms with Gasteiger partial charge in [0.05, 0.1) is 5.92 Å². The fourth-order valence-corrected chi connectivity index (χ4v) is 3.45. The quantitative estimate of drug-likeness (QED) is 0.818. The van der Waals surface area contributed by atoms with Gasteiger partial charge in [-0.25, -0.2) is 0 Å². The number of carboxylic acid groups (broad SMARTS) is 1. The van der Waals surface area contributed by atoms with Crippen LogP contribution in [0.2, 0.25) is 0 Å². The summed E-state index contributed by atoms with van der Waals surface area (Å²) in [5.74, 6) is -0.735. The molecule has 0 radical (unpaired) electrons. The Kier molecular flexibility index (Phi) is 2.63. The Morgan fingerprint density at radius 2 is 2.00 bits per heavy atom. The molecule has 0 amide bonds. The fraction of sp³-hybridized carbons (Fsp3) is 0.500. The van der Waals surface area contributed by atoms with Gasteiger partial charge >= 0.3 is 5.97 Å². The van der Waals surface area contributed by atoms with E-state index in [1.807, 2.05) is 18.2 Å². The standard InChI is InChI=1S/C14H17NO2/c16-14(17)11-8-10-6-7-12(15-10)13(11)9-4-2-1-3-5-9/h1-5,10-13,15H,6-8H2,(H,16,17)/t10-,11-,12+,13-/m0/s1. The van der Waals surface area contributed by atoms with Crippen molar-refractivity contribution in [3.8, 4) is 0 Å². The number of piperidine rings is 1. The van der Waals surface area contributed by atoms with Crippen LogP contribution in [-0.2, 0) is 4.79 Å². The average molecular weight is 231 g/mol. The second kappa shape index (κ2) is 4.15. The lowest BCUT2D eigenvalue weighted by molar-refractivity contribution is -0.143. The third kappa shape index (κ3) is 1.84. The lowest BCUT2D eigenvalue weighted by Crippen LogP contribution is -2.46. The third-order valence-electron chi connectivity index (χ3n) is 4.18. The van der Waals surface area contributed by atoms with E-state index in [2.05, 4.69) is 17.4 Å². The summed E-state index contributed by atoms with van der Waals surface area (Å²) in [4.78, 5) is 11.4. The molecule has 2 fully saturated rings. The highest BCUT2D eigenvalue weighted by Crippen LogP contribution is 2.41. The molecule has 1 aromatic carbocycles. The Balaban J connectivity index is 1.96. The maximum Gasteiger partial charge on any atom is 0.307 e. The maximum atomic E-state index is 11.4. The number of fused-ring (bicyclic) bond motifs is 2. The Morgan fingerprint density at radius 1 is 1.24 bits per heavy atom. The lowest BCUT2D eigenvalue weighted by Gasteiger charge is -2.35. The Morgan fingerprint density at radius 3 is 2.71 bits per heavy atom. The molecule has 0 saturated carbocycles. The highest BCUT2D eigenvalue weighted by Gasteiger charge is 2.45.